The maximum absolute atomic E-state index is 12.8. The van der Waals surface area contributed by atoms with E-state index >= 15 is 0 Å². The summed E-state index contributed by atoms with van der Waals surface area (Å²) < 4.78 is 28.6. The van der Waals surface area contributed by atoms with Crippen LogP contribution >= 0.6 is 0 Å². The zero-order chi connectivity index (χ0) is 29.4. The number of hydrogen-bond acceptors (Lipinski definition) is 8. The molecule has 4 rings (SSSR count). The maximum Gasteiger partial charge on any atom is 0.343 e. The Morgan fingerprint density at radius 3 is 2.44 bits per heavy atom. The number of ether oxygens (including phenoxy) is 5. The number of nitrogens with zero attached hydrogens (tertiary/aromatic N) is 1. The molecule has 0 bridgehead atoms. The SMILES string of the molecule is CCCCCOc1ccc(C2C(C#N)=C(N)Oc3cc(OC(=O)c4ccc(OCC(C)C)cc4)ccc32)cc1OC. The van der Waals surface area contributed by atoms with Crippen LogP contribution in [0.3, 0.4) is 0 Å². The van der Waals surface area contributed by atoms with Gasteiger partial charge in [0.2, 0.25) is 5.88 Å². The monoisotopic (exact) mass is 556 g/mol. The predicted molar refractivity (Wildman–Crippen MR) is 155 cm³/mol. The van der Waals surface area contributed by atoms with Gasteiger partial charge in [-0.1, -0.05) is 45.7 Å². The van der Waals surface area contributed by atoms with Crippen molar-refractivity contribution < 1.29 is 28.5 Å². The average Bonchev–Trinajstić information content (AvgIpc) is 2.97. The number of rotatable bonds is 12. The number of hydrogen-bond donors (Lipinski definition) is 1. The third-order valence-corrected chi connectivity index (χ3v) is 6.60. The molecule has 0 amide bonds. The van der Waals surface area contributed by atoms with Crippen molar-refractivity contribution in [2.45, 2.75) is 46.0 Å². The fourth-order valence-corrected chi connectivity index (χ4v) is 4.48. The molecule has 0 spiro atoms. The standard InChI is InChI=1S/C33H36N2O6/c1-5-6-7-16-38-28-15-10-23(17-30(28)37-4)31-26-14-13-25(18-29(26)41-32(35)27(31)19-34)40-33(36)22-8-11-24(12-9-22)39-20-21(2)3/h8-15,17-18,21,31H,5-7,16,20,35H2,1-4H3. The molecule has 1 aliphatic heterocycles. The minimum atomic E-state index is -0.520. The Balaban J connectivity index is 1.56. The molecule has 1 heterocycles. The molecule has 1 atom stereocenters. The summed E-state index contributed by atoms with van der Waals surface area (Å²) >= 11 is 0. The van der Waals surface area contributed by atoms with Crippen molar-refractivity contribution in [3.63, 3.8) is 0 Å². The van der Waals surface area contributed by atoms with Gasteiger partial charge in [0.15, 0.2) is 11.5 Å². The van der Waals surface area contributed by atoms with Crippen molar-refractivity contribution in [3.05, 3.63) is 88.8 Å². The molecular weight excluding hydrogens is 520 g/mol. The molecule has 0 saturated heterocycles. The van der Waals surface area contributed by atoms with E-state index in [4.69, 9.17) is 29.4 Å². The van der Waals surface area contributed by atoms with E-state index in [0.717, 1.165) is 24.8 Å². The Morgan fingerprint density at radius 2 is 1.76 bits per heavy atom. The molecule has 2 N–H and O–H groups in total. The zero-order valence-corrected chi connectivity index (χ0v) is 23.9. The van der Waals surface area contributed by atoms with E-state index in [2.05, 4.69) is 26.8 Å². The number of esters is 1. The lowest BCUT2D eigenvalue weighted by Crippen LogP contribution is -2.21. The number of carbonyl (C=O) groups is 1. The van der Waals surface area contributed by atoms with Gasteiger partial charge in [0.05, 0.1) is 31.8 Å². The third-order valence-electron chi connectivity index (χ3n) is 6.60. The van der Waals surface area contributed by atoms with Crippen molar-refractivity contribution >= 4 is 5.97 Å². The normalized spacial score (nSPS) is 14.1. The molecule has 0 radical (unpaired) electrons. The maximum atomic E-state index is 12.8. The molecule has 8 nitrogen and oxygen atoms in total. The number of unbranched alkanes of at least 4 members (excludes halogenated alkanes) is 2. The summed E-state index contributed by atoms with van der Waals surface area (Å²) in [5, 5.41) is 9.94. The van der Waals surface area contributed by atoms with E-state index in [0.29, 0.717) is 53.3 Å². The highest BCUT2D eigenvalue weighted by molar-refractivity contribution is 5.91. The van der Waals surface area contributed by atoms with Crippen molar-refractivity contribution in [2.75, 3.05) is 20.3 Å². The molecule has 41 heavy (non-hydrogen) atoms. The van der Waals surface area contributed by atoms with Crippen molar-refractivity contribution in [3.8, 4) is 34.8 Å². The van der Waals surface area contributed by atoms with Gasteiger partial charge in [-0.15, -0.1) is 0 Å². The molecular formula is C33H36N2O6. The van der Waals surface area contributed by atoms with E-state index in [9.17, 15) is 10.1 Å². The lowest BCUT2D eigenvalue weighted by molar-refractivity contribution is 0.0734. The number of allylic oxidation sites excluding steroid dienone is 1. The molecule has 8 heteroatoms. The summed E-state index contributed by atoms with van der Waals surface area (Å²) in [6, 6.07) is 19.6. The Bertz CT molecular complexity index is 1440. The van der Waals surface area contributed by atoms with E-state index in [1.54, 1.807) is 49.6 Å². The molecule has 214 valence electrons. The summed E-state index contributed by atoms with van der Waals surface area (Å²) in [5.74, 6) is 1.93. The Labute approximate surface area is 241 Å². The molecule has 0 aromatic heterocycles. The second kappa shape index (κ2) is 13.6. The van der Waals surface area contributed by atoms with Gasteiger partial charge in [-0.05, 0) is 60.4 Å². The van der Waals surface area contributed by atoms with Crippen LogP contribution in [-0.2, 0) is 0 Å². The summed E-state index contributed by atoms with van der Waals surface area (Å²) in [7, 11) is 1.58. The van der Waals surface area contributed by atoms with Crippen LogP contribution in [0, 0.1) is 17.2 Å². The molecule has 3 aromatic carbocycles. The van der Waals surface area contributed by atoms with Crippen LogP contribution in [0.2, 0.25) is 0 Å². The smallest absolute Gasteiger partial charge is 0.343 e. The molecule has 0 saturated carbocycles. The highest BCUT2D eigenvalue weighted by atomic mass is 16.5. The van der Waals surface area contributed by atoms with Crippen LogP contribution in [0.5, 0.6) is 28.7 Å². The summed E-state index contributed by atoms with van der Waals surface area (Å²) in [6.45, 7) is 7.46. The molecule has 0 fully saturated rings. The van der Waals surface area contributed by atoms with Gasteiger partial charge in [0.25, 0.3) is 0 Å². The van der Waals surface area contributed by atoms with Crippen molar-refractivity contribution in [2.24, 2.45) is 11.7 Å². The molecule has 1 unspecified atom stereocenters. The second-order valence-electron chi connectivity index (χ2n) is 10.2. The van der Waals surface area contributed by atoms with Crippen LogP contribution in [0.25, 0.3) is 0 Å². The fourth-order valence-electron chi connectivity index (χ4n) is 4.48. The number of methoxy groups -OCH3 is 1. The van der Waals surface area contributed by atoms with Gasteiger partial charge >= 0.3 is 5.97 Å². The quantitative estimate of drug-likeness (QED) is 0.148. The molecule has 0 aliphatic carbocycles. The van der Waals surface area contributed by atoms with Gasteiger partial charge < -0.3 is 29.4 Å². The van der Waals surface area contributed by atoms with Gasteiger partial charge in [0, 0.05) is 11.6 Å². The van der Waals surface area contributed by atoms with E-state index < -0.39 is 11.9 Å². The molecule has 3 aromatic rings. The first-order valence-corrected chi connectivity index (χ1v) is 13.8. The number of nitriles is 1. The lowest BCUT2D eigenvalue weighted by atomic mass is 9.83. The first kappa shape index (κ1) is 29.3. The number of benzene rings is 3. The van der Waals surface area contributed by atoms with E-state index in [-0.39, 0.29) is 17.2 Å². The lowest BCUT2D eigenvalue weighted by Gasteiger charge is -2.27. The fraction of sp³-hybridized carbons (Fsp3) is 0.333. The first-order chi connectivity index (χ1) is 19.8. The Hall–Kier alpha value is -4.64. The van der Waals surface area contributed by atoms with Crippen LogP contribution < -0.4 is 29.4 Å². The van der Waals surface area contributed by atoms with Gasteiger partial charge in [-0.3, -0.25) is 0 Å². The highest BCUT2D eigenvalue weighted by Gasteiger charge is 2.32. The average molecular weight is 557 g/mol. The van der Waals surface area contributed by atoms with E-state index in [1.807, 2.05) is 18.2 Å². The first-order valence-electron chi connectivity index (χ1n) is 13.8. The van der Waals surface area contributed by atoms with Crippen LogP contribution in [0.15, 0.2) is 72.1 Å². The Morgan fingerprint density at radius 1 is 1.00 bits per heavy atom. The van der Waals surface area contributed by atoms with Gasteiger partial charge in [0.1, 0.15) is 28.9 Å². The van der Waals surface area contributed by atoms with Crippen LogP contribution in [-0.4, -0.2) is 26.3 Å². The minimum absolute atomic E-state index is 0.00989. The van der Waals surface area contributed by atoms with Gasteiger partial charge in [-0.2, -0.15) is 5.26 Å². The van der Waals surface area contributed by atoms with Crippen LogP contribution in [0.4, 0.5) is 0 Å². The third kappa shape index (κ3) is 7.12. The largest absolute Gasteiger partial charge is 0.493 e. The summed E-state index contributed by atoms with van der Waals surface area (Å²) in [6.07, 6.45) is 3.15. The second-order valence-corrected chi connectivity index (χ2v) is 10.2. The van der Waals surface area contributed by atoms with Crippen LogP contribution in [0.1, 0.15) is 67.4 Å². The van der Waals surface area contributed by atoms with E-state index in [1.165, 1.54) is 0 Å². The predicted octanol–water partition coefficient (Wildman–Crippen LogP) is 6.74. The number of carbonyl (C=O) groups excluding carboxylic acids is 1. The molecule has 1 aliphatic rings. The summed E-state index contributed by atoms with van der Waals surface area (Å²) in [4.78, 5) is 12.8. The Kier molecular flexibility index (Phi) is 9.75. The topological polar surface area (TPSA) is 113 Å². The number of nitrogens with two attached hydrogens (primary N) is 1. The minimum Gasteiger partial charge on any atom is -0.493 e. The summed E-state index contributed by atoms with van der Waals surface area (Å²) in [5.41, 5.74) is 8.34. The van der Waals surface area contributed by atoms with Crippen molar-refractivity contribution in [1.82, 2.24) is 0 Å². The van der Waals surface area contributed by atoms with Crippen molar-refractivity contribution in [1.29, 1.82) is 5.26 Å². The number of fused-ring (bicyclic) bond motifs is 1. The zero-order valence-electron chi connectivity index (χ0n) is 23.9. The van der Waals surface area contributed by atoms with Gasteiger partial charge in [-0.25, -0.2) is 4.79 Å². The highest BCUT2D eigenvalue weighted by Crippen LogP contribution is 2.45.